The predicted molar refractivity (Wildman–Crippen MR) is 82.0 cm³/mol. The van der Waals surface area contributed by atoms with Gasteiger partial charge < -0.3 is 4.90 Å². The number of fused-ring (bicyclic) bond motifs is 1. The quantitative estimate of drug-likeness (QED) is 0.825. The smallest absolute Gasteiger partial charge is 0.141 e. The van der Waals surface area contributed by atoms with Crippen LogP contribution in [0.5, 0.6) is 0 Å². The van der Waals surface area contributed by atoms with E-state index in [1.807, 2.05) is 11.8 Å². The first-order valence-corrected chi connectivity index (χ1v) is 8.53. The van der Waals surface area contributed by atoms with E-state index in [4.69, 9.17) is 5.14 Å². The summed E-state index contributed by atoms with van der Waals surface area (Å²) in [5, 5.41) is 5.91. The summed E-state index contributed by atoms with van der Waals surface area (Å²) < 4.78 is 0.365. The Hall–Kier alpha value is -0.320. The molecule has 0 aromatic heterocycles. The molecule has 2 aliphatic rings. The van der Waals surface area contributed by atoms with Gasteiger partial charge in [-0.3, -0.25) is 5.14 Å². The molecule has 98 valence electrons. The van der Waals surface area contributed by atoms with Crippen molar-refractivity contribution in [3.05, 3.63) is 23.8 Å². The molecule has 1 aliphatic carbocycles. The summed E-state index contributed by atoms with van der Waals surface area (Å²) >= 11 is 3.40. The molecule has 3 rings (SSSR count). The van der Waals surface area contributed by atoms with E-state index in [0.717, 1.165) is 0 Å². The number of aryl methyl sites for hydroxylation is 1. The number of thioether (sulfide) groups is 1. The lowest BCUT2D eigenvalue weighted by Crippen LogP contribution is -2.40. The Morgan fingerprint density at radius 2 is 2.06 bits per heavy atom. The second kappa shape index (κ2) is 5.35. The molecule has 18 heavy (non-hydrogen) atoms. The molecule has 1 aliphatic heterocycles. The largest absolute Gasteiger partial charge is 0.345 e. The van der Waals surface area contributed by atoms with Crippen LogP contribution in [0, 0.1) is 6.92 Å². The molecule has 1 unspecified atom stereocenters. The van der Waals surface area contributed by atoms with Crippen LogP contribution in [0.3, 0.4) is 0 Å². The van der Waals surface area contributed by atoms with E-state index < -0.39 is 0 Å². The Bertz CT molecular complexity index is 430. The van der Waals surface area contributed by atoms with Crippen molar-refractivity contribution >= 4 is 29.4 Å². The summed E-state index contributed by atoms with van der Waals surface area (Å²) in [6, 6.07) is 7.30. The van der Waals surface area contributed by atoms with E-state index in [-0.39, 0.29) is 0 Å². The zero-order valence-electron chi connectivity index (χ0n) is 10.8. The summed E-state index contributed by atoms with van der Waals surface area (Å²) in [6.45, 7) is 2.22. The standard InChI is InChI=1S/C14H20N2S2/c1-10-6-5-9-12-13(10)16(14(17-12)18-15)11-7-3-2-4-8-11/h5-6,9,11,14H,2-4,7-8,15H2,1H3. The average molecular weight is 280 g/mol. The second-order valence-electron chi connectivity index (χ2n) is 5.18. The molecule has 1 saturated carbocycles. The van der Waals surface area contributed by atoms with Crippen LogP contribution in [0.2, 0.25) is 0 Å². The fourth-order valence-corrected chi connectivity index (χ4v) is 5.22. The first-order valence-electron chi connectivity index (χ1n) is 6.71. The zero-order valence-corrected chi connectivity index (χ0v) is 12.4. The Labute approximate surface area is 118 Å². The number of benzene rings is 1. The Balaban J connectivity index is 1.95. The van der Waals surface area contributed by atoms with E-state index in [0.29, 0.717) is 10.7 Å². The minimum atomic E-state index is 0.365. The van der Waals surface area contributed by atoms with Gasteiger partial charge in [0.2, 0.25) is 0 Å². The lowest BCUT2D eigenvalue weighted by atomic mass is 9.94. The molecule has 1 aromatic rings. The summed E-state index contributed by atoms with van der Waals surface area (Å²) in [5.41, 5.74) is 2.83. The number of hydrogen-bond donors (Lipinski definition) is 1. The lowest BCUT2D eigenvalue weighted by Gasteiger charge is -2.36. The maximum Gasteiger partial charge on any atom is 0.141 e. The molecule has 0 spiro atoms. The van der Waals surface area contributed by atoms with Crippen molar-refractivity contribution in [2.45, 2.75) is 54.7 Å². The van der Waals surface area contributed by atoms with E-state index in [2.05, 4.69) is 30.0 Å². The third-order valence-electron chi connectivity index (χ3n) is 4.00. The second-order valence-corrected chi connectivity index (χ2v) is 7.32. The van der Waals surface area contributed by atoms with Gasteiger partial charge >= 0.3 is 0 Å². The molecule has 1 atom stereocenters. The molecular weight excluding hydrogens is 260 g/mol. The average Bonchev–Trinajstić information content (AvgIpc) is 2.79. The van der Waals surface area contributed by atoms with Crippen molar-refractivity contribution in [2.24, 2.45) is 5.14 Å². The summed E-state index contributed by atoms with van der Waals surface area (Å²) in [7, 11) is 0. The topological polar surface area (TPSA) is 29.3 Å². The molecule has 0 saturated heterocycles. The van der Waals surface area contributed by atoms with Gasteiger partial charge in [-0.1, -0.05) is 43.2 Å². The number of anilines is 1. The van der Waals surface area contributed by atoms with Gasteiger partial charge in [-0.25, -0.2) is 0 Å². The van der Waals surface area contributed by atoms with Crippen molar-refractivity contribution in [3.8, 4) is 0 Å². The van der Waals surface area contributed by atoms with Crippen LogP contribution in [0.15, 0.2) is 23.1 Å². The summed E-state index contributed by atoms with van der Waals surface area (Å²) in [4.78, 5) is 4.00. The van der Waals surface area contributed by atoms with Gasteiger partial charge in [0.25, 0.3) is 0 Å². The maximum absolute atomic E-state index is 5.91. The fraction of sp³-hybridized carbons (Fsp3) is 0.571. The van der Waals surface area contributed by atoms with E-state index in [1.54, 1.807) is 0 Å². The number of hydrogen-bond acceptors (Lipinski definition) is 4. The number of nitrogens with zero attached hydrogens (tertiary/aromatic N) is 1. The third kappa shape index (κ3) is 2.15. The number of rotatable bonds is 2. The third-order valence-corrected chi connectivity index (χ3v) is 6.09. The van der Waals surface area contributed by atoms with Gasteiger partial charge in [-0.15, -0.1) is 0 Å². The number of para-hydroxylation sites is 1. The van der Waals surface area contributed by atoms with Crippen LogP contribution in [-0.4, -0.2) is 10.7 Å². The van der Waals surface area contributed by atoms with Crippen LogP contribution in [0.1, 0.15) is 37.7 Å². The van der Waals surface area contributed by atoms with Gasteiger partial charge in [0.15, 0.2) is 0 Å². The fourth-order valence-electron chi connectivity index (χ4n) is 3.14. The molecule has 4 heteroatoms. The minimum absolute atomic E-state index is 0.365. The predicted octanol–water partition coefficient (Wildman–Crippen LogP) is 4.13. The normalized spacial score (nSPS) is 24.3. The van der Waals surface area contributed by atoms with Gasteiger partial charge in [0.1, 0.15) is 4.71 Å². The zero-order chi connectivity index (χ0) is 12.5. The highest BCUT2D eigenvalue weighted by molar-refractivity contribution is 8.16. The van der Waals surface area contributed by atoms with Gasteiger partial charge in [0.05, 0.1) is 5.69 Å². The molecule has 2 nitrogen and oxygen atoms in total. The minimum Gasteiger partial charge on any atom is -0.345 e. The van der Waals surface area contributed by atoms with Crippen molar-refractivity contribution < 1.29 is 0 Å². The first-order chi connectivity index (χ1) is 8.81. The van der Waals surface area contributed by atoms with Crippen LogP contribution < -0.4 is 10.0 Å². The van der Waals surface area contributed by atoms with Crippen LogP contribution in [0.4, 0.5) is 5.69 Å². The Morgan fingerprint density at radius 1 is 1.28 bits per heavy atom. The molecule has 0 radical (unpaired) electrons. The molecule has 0 amide bonds. The summed E-state index contributed by atoms with van der Waals surface area (Å²) in [5.74, 6) is 0. The first kappa shape index (κ1) is 12.7. The number of nitrogens with two attached hydrogens (primary N) is 1. The van der Waals surface area contributed by atoms with Gasteiger partial charge in [-0.05, 0) is 43.3 Å². The van der Waals surface area contributed by atoms with Crippen molar-refractivity contribution in [1.82, 2.24) is 0 Å². The van der Waals surface area contributed by atoms with E-state index in [9.17, 15) is 0 Å². The maximum atomic E-state index is 5.91. The molecule has 1 heterocycles. The molecular formula is C14H20N2S2. The van der Waals surface area contributed by atoms with Gasteiger partial charge in [-0.2, -0.15) is 0 Å². The van der Waals surface area contributed by atoms with Crippen LogP contribution in [-0.2, 0) is 0 Å². The Kier molecular flexibility index (Phi) is 3.78. The van der Waals surface area contributed by atoms with Crippen molar-refractivity contribution in [3.63, 3.8) is 0 Å². The highest BCUT2D eigenvalue weighted by Crippen LogP contribution is 2.50. The molecule has 1 aromatic carbocycles. The van der Waals surface area contributed by atoms with E-state index >= 15 is 0 Å². The lowest BCUT2D eigenvalue weighted by molar-refractivity contribution is 0.422. The Morgan fingerprint density at radius 3 is 2.78 bits per heavy atom. The highest BCUT2D eigenvalue weighted by atomic mass is 32.2. The molecule has 1 fully saturated rings. The monoisotopic (exact) mass is 280 g/mol. The van der Waals surface area contributed by atoms with Crippen LogP contribution in [0.25, 0.3) is 0 Å². The highest BCUT2D eigenvalue weighted by Gasteiger charge is 2.36. The molecule has 2 N–H and O–H groups in total. The van der Waals surface area contributed by atoms with E-state index in [1.165, 1.54) is 60.2 Å². The van der Waals surface area contributed by atoms with Crippen molar-refractivity contribution in [1.29, 1.82) is 0 Å². The summed E-state index contributed by atoms with van der Waals surface area (Å²) in [6.07, 6.45) is 6.79. The van der Waals surface area contributed by atoms with Crippen LogP contribution >= 0.6 is 23.7 Å². The SMILES string of the molecule is Cc1cccc2c1N(C1CCCCC1)C(SN)S2. The van der Waals surface area contributed by atoms with Gasteiger partial charge in [0, 0.05) is 10.9 Å². The van der Waals surface area contributed by atoms with Crippen molar-refractivity contribution in [2.75, 3.05) is 4.90 Å². The molecule has 0 bridgehead atoms.